The highest BCUT2D eigenvalue weighted by Gasteiger charge is 2.13. The number of nitrogens with zero attached hydrogens (tertiary/aromatic N) is 2. The fourth-order valence-electron chi connectivity index (χ4n) is 2.54. The molecule has 7 heteroatoms. The van der Waals surface area contributed by atoms with Gasteiger partial charge in [0.2, 0.25) is 0 Å². The molecule has 0 aliphatic carbocycles. The molecule has 0 saturated heterocycles. The van der Waals surface area contributed by atoms with E-state index in [1.807, 2.05) is 30.8 Å². The van der Waals surface area contributed by atoms with E-state index in [4.69, 9.17) is 9.47 Å². The Hall–Kier alpha value is -1.67. The molecule has 1 aromatic heterocycles. The summed E-state index contributed by atoms with van der Waals surface area (Å²) in [6.45, 7) is 6.60. The highest BCUT2D eigenvalue weighted by molar-refractivity contribution is 7.07. The van der Waals surface area contributed by atoms with Crippen molar-refractivity contribution in [2.75, 3.05) is 33.9 Å². The van der Waals surface area contributed by atoms with Crippen molar-refractivity contribution >= 4 is 11.3 Å². The maximum Gasteiger partial charge on any atom is 0.161 e. The number of nitrogens with one attached hydrogen (secondary N) is 1. The smallest absolute Gasteiger partial charge is 0.161 e. The van der Waals surface area contributed by atoms with Gasteiger partial charge in [-0.3, -0.25) is 0 Å². The Morgan fingerprint density at radius 3 is 2.78 bits per heavy atom. The first-order chi connectivity index (χ1) is 13.0. The quantitative estimate of drug-likeness (QED) is 0.540. The number of aliphatic hydroxyl groups excluding tert-OH is 1. The summed E-state index contributed by atoms with van der Waals surface area (Å²) in [5.41, 5.74) is 4.08. The average Bonchev–Trinajstić information content (AvgIpc) is 3.17. The maximum atomic E-state index is 10.2. The molecule has 0 radical (unpaired) electrons. The van der Waals surface area contributed by atoms with Crippen LogP contribution in [0.3, 0.4) is 0 Å². The van der Waals surface area contributed by atoms with E-state index in [9.17, 15) is 5.11 Å². The van der Waals surface area contributed by atoms with Crippen molar-refractivity contribution in [1.29, 1.82) is 0 Å². The summed E-state index contributed by atoms with van der Waals surface area (Å²) >= 11 is 1.62. The number of likely N-dealkylation sites (N-methyl/N-ethyl adjacent to an activating group) is 1. The Balaban J connectivity index is 1.84. The van der Waals surface area contributed by atoms with Crippen LogP contribution in [-0.2, 0) is 13.0 Å². The Morgan fingerprint density at radius 2 is 2.11 bits per heavy atom. The second-order valence-electron chi connectivity index (χ2n) is 6.89. The van der Waals surface area contributed by atoms with E-state index in [0.717, 1.165) is 30.8 Å². The van der Waals surface area contributed by atoms with Gasteiger partial charge in [0, 0.05) is 37.5 Å². The lowest BCUT2D eigenvalue weighted by Crippen LogP contribution is -2.37. The Labute approximate surface area is 166 Å². The third-order valence-corrected chi connectivity index (χ3v) is 5.05. The van der Waals surface area contributed by atoms with Crippen LogP contribution in [0.5, 0.6) is 11.5 Å². The topological polar surface area (TPSA) is 66.8 Å². The van der Waals surface area contributed by atoms with Crippen molar-refractivity contribution in [3.05, 3.63) is 40.3 Å². The molecule has 1 heterocycles. The summed E-state index contributed by atoms with van der Waals surface area (Å²) < 4.78 is 11.2. The number of hydrogen-bond acceptors (Lipinski definition) is 7. The number of aliphatic hydroxyl groups is 1. The second kappa shape index (κ2) is 11.2. The van der Waals surface area contributed by atoms with Crippen LogP contribution in [0.1, 0.15) is 25.1 Å². The molecule has 0 aliphatic heterocycles. The van der Waals surface area contributed by atoms with Crippen molar-refractivity contribution in [3.63, 3.8) is 0 Å². The van der Waals surface area contributed by atoms with Gasteiger partial charge in [0.15, 0.2) is 11.5 Å². The van der Waals surface area contributed by atoms with E-state index in [1.54, 1.807) is 18.4 Å². The van der Waals surface area contributed by atoms with Gasteiger partial charge in [-0.1, -0.05) is 6.07 Å². The van der Waals surface area contributed by atoms with Crippen molar-refractivity contribution < 1.29 is 14.6 Å². The lowest BCUT2D eigenvalue weighted by atomic mass is 10.2. The number of rotatable bonds is 12. The van der Waals surface area contributed by atoms with Crippen LogP contribution in [0.25, 0.3) is 0 Å². The summed E-state index contributed by atoms with van der Waals surface area (Å²) in [6, 6.07) is 6.27. The molecule has 2 aromatic rings. The molecule has 27 heavy (non-hydrogen) atoms. The highest BCUT2D eigenvalue weighted by atomic mass is 32.1. The van der Waals surface area contributed by atoms with Crippen LogP contribution in [0.15, 0.2) is 29.1 Å². The molecular formula is C20H31N3O3S. The minimum atomic E-state index is -0.554. The minimum Gasteiger partial charge on any atom is -0.493 e. The van der Waals surface area contributed by atoms with E-state index < -0.39 is 6.10 Å². The van der Waals surface area contributed by atoms with Crippen LogP contribution in [0.2, 0.25) is 0 Å². The van der Waals surface area contributed by atoms with Gasteiger partial charge < -0.3 is 24.8 Å². The van der Waals surface area contributed by atoms with E-state index in [-0.39, 0.29) is 6.61 Å². The molecule has 1 aromatic carbocycles. The monoisotopic (exact) mass is 393 g/mol. The van der Waals surface area contributed by atoms with Crippen molar-refractivity contribution in [2.24, 2.45) is 0 Å². The van der Waals surface area contributed by atoms with Gasteiger partial charge >= 0.3 is 0 Å². The Kier molecular flexibility index (Phi) is 9.00. The van der Waals surface area contributed by atoms with Gasteiger partial charge in [-0.05, 0) is 38.6 Å². The fourth-order valence-corrected chi connectivity index (χ4v) is 3.13. The molecule has 6 nitrogen and oxygen atoms in total. The van der Waals surface area contributed by atoms with Gasteiger partial charge in [0.1, 0.15) is 12.7 Å². The first-order valence-electron chi connectivity index (χ1n) is 9.25. The normalized spacial score (nSPS) is 12.6. The number of thiazole rings is 1. The molecule has 2 rings (SSSR count). The standard InChI is InChI=1S/C20H31N3O3S/c1-15(2)23(3)11-18(24)12-26-20-9-16(5-6-19(20)25-4)10-21-8-7-17-13-27-14-22-17/h5-6,9,13-15,18,21,24H,7-8,10-12H2,1-4H3. The van der Waals surface area contributed by atoms with Gasteiger partial charge in [-0.15, -0.1) is 11.3 Å². The molecular weight excluding hydrogens is 362 g/mol. The number of methoxy groups -OCH3 is 1. The zero-order valence-corrected chi connectivity index (χ0v) is 17.5. The number of aromatic nitrogens is 1. The summed E-state index contributed by atoms with van der Waals surface area (Å²) in [7, 11) is 3.61. The number of hydrogen-bond donors (Lipinski definition) is 2. The largest absolute Gasteiger partial charge is 0.493 e. The molecule has 150 valence electrons. The summed E-state index contributed by atoms with van der Waals surface area (Å²) in [4.78, 5) is 6.38. The molecule has 0 bridgehead atoms. The Morgan fingerprint density at radius 1 is 1.30 bits per heavy atom. The van der Waals surface area contributed by atoms with Crippen LogP contribution >= 0.6 is 11.3 Å². The molecule has 0 aliphatic rings. The summed E-state index contributed by atoms with van der Waals surface area (Å²) in [5, 5.41) is 15.7. The van der Waals surface area contributed by atoms with Crippen molar-refractivity contribution in [2.45, 2.75) is 39.0 Å². The second-order valence-corrected chi connectivity index (χ2v) is 7.61. The summed E-state index contributed by atoms with van der Waals surface area (Å²) in [5.74, 6) is 1.33. The van der Waals surface area contributed by atoms with E-state index in [2.05, 4.69) is 34.4 Å². The fraction of sp³-hybridized carbons (Fsp3) is 0.550. The van der Waals surface area contributed by atoms with Crippen molar-refractivity contribution in [3.8, 4) is 11.5 Å². The summed E-state index contributed by atoms with van der Waals surface area (Å²) in [6.07, 6.45) is 0.362. The molecule has 0 fully saturated rings. The highest BCUT2D eigenvalue weighted by Crippen LogP contribution is 2.28. The zero-order chi connectivity index (χ0) is 19.6. The molecule has 1 atom stereocenters. The van der Waals surface area contributed by atoms with Gasteiger partial charge in [-0.25, -0.2) is 4.98 Å². The number of ether oxygens (including phenoxy) is 2. The van der Waals surface area contributed by atoms with Gasteiger partial charge in [0.25, 0.3) is 0 Å². The zero-order valence-electron chi connectivity index (χ0n) is 16.6. The minimum absolute atomic E-state index is 0.230. The first-order valence-corrected chi connectivity index (χ1v) is 10.2. The van der Waals surface area contributed by atoms with Crippen LogP contribution < -0.4 is 14.8 Å². The van der Waals surface area contributed by atoms with Crippen LogP contribution in [-0.4, -0.2) is 61.0 Å². The van der Waals surface area contributed by atoms with Crippen molar-refractivity contribution in [1.82, 2.24) is 15.2 Å². The predicted octanol–water partition coefficient (Wildman–Crippen LogP) is 2.56. The van der Waals surface area contributed by atoms with E-state index in [1.165, 1.54) is 0 Å². The van der Waals surface area contributed by atoms with Gasteiger partial charge in [0.05, 0.1) is 18.3 Å². The lowest BCUT2D eigenvalue weighted by molar-refractivity contribution is 0.0668. The van der Waals surface area contributed by atoms with Crippen LogP contribution in [0, 0.1) is 0 Å². The first kappa shape index (κ1) is 21.6. The average molecular weight is 394 g/mol. The molecule has 0 spiro atoms. The predicted molar refractivity (Wildman–Crippen MR) is 110 cm³/mol. The lowest BCUT2D eigenvalue weighted by Gasteiger charge is -2.24. The third-order valence-electron chi connectivity index (χ3n) is 4.41. The number of benzene rings is 1. The van der Waals surface area contributed by atoms with E-state index in [0.29, 0.717) is 24.1 Å². The maximum absolute atomic E-state index is 10.2. The van der Waals surface area contributed by atoms with Crippen LogP contribution in [0.4, 0.5) is 0 Å². The third kappa shape index (κ3) is 7.46. The van der Waals surface area contributed by atoms with E-state index >= 15 is 0 Å². The molecule has 0 amide bonds. The molecule has 1 unspecified atom stereocenters. The molecule has 2 N–H and O–H groups in total. The molecule has 0 saturated carbocycles. The SMILES string of the molecule is COc1ccc(CNCCc2cscn2)cc1OCC(O)CN(C)C(C)C. The Bertz CT molecular complexity index is 664. The van der Waals surface area contributed by atoms with Gasteiger partial charge in [-0.2, -0.15) is 0 Å².